The highest BCUT2D eigenvalue weighted by Gasteiger charge is 2.13. The van der Waals surface area contributed by atoms with E-state index >= 15 is 0 Å². The maximum absolute atomic E-state index is 11.0. The van der Waals surface area contributed by atoms with Crippen molar-refractivity contribution >= 4 is 28.5 Å². The van der Waals surface area contributed by atoms with Crippen LogP contribution in [0.15, 0.2) is 11.5 Å². The van der Waals surface area contributed by atoms with E-state index in [0.29, 0.717) is 10.9 Å². The smallest absolute Gasteiger partial charge is 0.313 e. The Labute approximate surface area is 106 Å². The van der Waals surface area contributed by atoms with Gasteiger partial charge in [0, 0.05) is 28.9 Å². The van der Waals surface area contributed by atoms with Crippen LogP contribution < -0.4 is 0 Å². The number of carboxylic acid groups (broad SMARTS) is 1. The van der Waals surface area contributed by atoms with Gasteiger partial charge in [0.15, 0.2) is 5.16 Å². The van der Waals surface area contributed by atoms with Gasteiger partial charge in [-0.25, -0.2) is 0 Å². The summed E-state index contributed by atoms with van der Waals surface area (Å²) < 4.78 is 12.8. The molecule has 1 heterocycles. The largest absolute Gasteiger partial charge is 0.481 e. The molecule has 0 aliphatic rings. The highest BCUT2D eigenvalue weighted by atomic mass is 32.2. The maximum Gasteiger partial charge on any atom is 0.313 e. The van der Waals surface area contributed by atoms with E-state index in [9.17, 15) is 9.00 Å². The second-order valence-corrected chi connectivity index (χ2v) is 6.12. The van der Waals surface area contributed by atoms with Crippen LogP contribution in [0.25, 0.3) is 0 Å². The summed E-state index contributed by atoms with van der Waals surface area (Å²) in [5.74, 6) is -0.306. The number of aliphatic carboxylic acids is 1. The van der Waals surface area contributed by atoms with Crippen LogP contribution in [0.2, 0.25) is 0 Å². The third-order valence-electron chi connectivity index (χ3n) is 2.16. The molecule has 2 unspecified atom stereocenters. The van der Waals surface area contributed by atoms with Gasteiger partial charge in [-0.3, -0.25) is 9.00 Å². The lowest BCUT2D eigenvalue weighted by Gasteiger charge is -2.13. The molecule has 0 saturated carbocycles. The van der Waals surface area contributed by atoms with Crippen molar-refractivity contribution in [2.45, 2.75) is 24.5 Å². The summed E-state index contributed by atoms with van der Waals surface area (Å²) in [5, 5.41) is 16.8. The van der Waals surface area contributed by atoms with Crippen molar-refractivity contribution in [1.29, 1.82) is 0 Å². The van der Waals surface area contributed by atoms with Gasteiger partial charge in [0.25, 0.3) is 0 Å². The zero-order valence-electron chi connectivity index (χ0n) is 9.70. The summed E-state index contributed by atoms with van der Waals surface area (Å²) >= 11 is 1.14. The van der Waals surface area contributed by atoms with Crippen LogP contribution in [-0.2, 0) is 15.6 Å². The minimum atomic E-state index is -0.883. The summed E-state index contributed by atoms with van der Waals surface area (Å²) in [6.07, 6.45) is 3.99. The summed E-state index contributed by atoms with van der Waals surface area (Å²) in [5.41, 5.74) is 0. The Morgan fingerprint density at radius 3 is 3.00 bits per heavy atom. The highest BCUT2D eigenvalue weighted by Crippen LogP contribution is 2.20. The van der Waals surface area contributed by atoms with Crippen molar-refractivity contribution in [3.05, 3.63) is 6.33 Å². The normalized spacial score (nSPS) is 14.5. The summed E-state index contributed by atoms with van der Waals surface area (Å²) in [4.78, 5) is 10.5. The standard InChI is InChI=1S/C9H15N3O3S2/c1-7(3-4-17(2)15)12-6-10-11-9(12)16-5-8(13)14/h6-7H,3-5H2,1-2H3,(H,13,14). The second-order valence-electron chi connectivity index (χ2n) is 3.62. The van der Waals surface area contributed by atoms with Crippen LogP contribution >= 0.6 is 11.8 Å². The molecular formula is C9H15N3O3S2. The van der Waals surface area contributed by atoms with Gasteiger partial charge in [-0.1, -0.05) is 11.8 Å². The molecule has 1 aromatic heterocycles. The first-order valence-electron chi connectivity index (χ1n) is 5.05. The first-order valence-corrected chi connectivity index (χ1v) is 7.76. The fourth-order valence-electron chi connectivity index (χ4n) is 1.24. The van der Waals surface area contributed by atoms with Crippen molar-refractivity contribution < 1.29 is 14.1 Å². The molecule has 8 heteroatoms. The molecule has 17 heavy (non-hydrogen) atoms. The van der Waals surface area contributed by atoms with Crippen LogP contribution in [0, 0.1) is 0 Å². The average Bonchev–Trinajstić information content (AvgIpc) is 2.71. The van der Waals surface area contributed by atoms with Crippen molar-refractivity contribution in [2.75, 3.05) is 17.8 Å². The highest BCUT2D eigenvalue weighted by molar-refractivity contribution is 7.99. The number of nitrogens with zero attached hydrogens (tertiary/aromatic N) is 3. The lowest BCUT2D eigenvalue weighted by atomic mass is 10.3. The number of aromatic nitrogens is 3. The molecule has 1 rings (SSSR count). The Hall–Kier alpha value is -0.890. The molecule has 0 aromatic carbocycles. The van der Waals surface area contributed by atoms with Gasteiger partial charge in [-0.15, -0.1) is 10.2 Å². The van der Waals surface area contributed by atoms with E-state index < -0.39 is 16.8 Å². The summed E-state index contributed by atoms with van der Waals surface area (Å²) in [6.45, 7) is 1.97. The monoisotopic (exact) mass is 277 g/mol. The van der Waals surface area contributed by atoms with E-state index in [1.165, 1.54) is 0 Å². The molecule has 96 valence electrons. The molecule has 6 nitrogen and oxygen atoms in total. The molecule has 0 spiro atoms. The van der Waals surface area contributed by atoms with Gasteiger partial charge in [0.2, 0.25) is 0 Å². The predicted octanol–water partition coefficient (Wildman–Crippen LogP) is 0.784. The van der Waals surface area contributed by atoms with E-state index in [1.54, 1.807) is 12.6 Å². The molecule has 0 bridgehead atoms. The van der Waals surface area contributed by atoms with Crippen LogP contribution in [0.4, 0.5) is 0 Å². The predicted molar refractivity (Wildman–Crippen MR) is 66.6 cm³/mol. The molecule has 1 N–H and O–H groups in total. The molecule has 0 amide bonds. The van der Waals surface area contributed by atoms with E-state index in [0.717, 1.165) is 18.2 Å². The number of hydrogen-bond acceptors (Lipinski definition) is 5. The van der Waals surface area contributed by atoms with Crippen molar-refractivity contribution in [1.82, 2.24) is 14.8 Å². The Kier molecular flexibility index (Phi) is 5.63. The van der Waals surface area contributed by atoms with Crippen LogP contribution in [-0.4, -0.2) is 47.8 Å². The number of carbonyl (C=O) groups is 1. The van der Waals surface area contributed by atoms with Crippen LogP contribution in [0.3, 0.4) is 0 Å². The first kappa shape index (κ1) is 14.2. The van der Waals surface area contributed by atoms with E-state index in [1.807, 2.05) is 11.5 Å². The van der Waals surface area contributed by atoms with E-state index in [-0.39, 0.29) is 11.8 Å². The lowest BCUT2D eigenvalue weighted by Crippen LogP contribution is -2.10. The minimum Gasteiger partial charge on any atom is -0.481 e. The average molecular weight is 277 g/mol. The second kappa shape index (κ2) is 6.75. The molecule has 0 fully saturated rings. The minimum absolute atomic E-state index is 0.0366. The van der Waals surface area contributed by atoms with Gasteiger partial charge in [-0.2, -0.15) is 0 Å². The molecule has 0 aliphatic heterocycles. The third-order valence-corrected chi connectivity index (χ3v) is 3.92. The van der Waals surface area contributed by atoms with Crippen molar-refractivity contribution in [3.63, 3.8) is 0 Å². The van der Waals surface area contributed by atoms with Gasteiger partial charge in [-0.05, 0) is 13.3 Å². The quantitative estimate of drug-likeness (QED) is 0.741. The molecule has 1 aromatic rings. The molecule has 2 atom stereocenters. The number of carboxylic acids is 1. The Balaban J connectivity index is 2.60. The summed E-state index contributed by atoms with van der Waals surface area (Å²) in [6, 6.07) is 0.116. The zero-order valence-corrected chi connectivity index (χ0v) is 11.3. The van der Waals surface area contributed by atoms with Crippen LogP contribution in [0.5, 0.6) is 0 Å². The zero-order chi connectivity index (χ0) is 12.8. The van der Waals surface area contributed by atoms with Crippen molar-refractivity contribution in [3.8, 4) is 0 Å². The van der Waals surface area contributed by atoms with Crippen LogP contribution in [0.1, 0.15) is 19.4 Å². The fourth-order valence-corrected chi connectivity index (χ4v) is 2.65. The topological polar surface area (TPSA) is 85.1 Å². The number of hydrogen-bond donors (Lipinski definition) is 1. The Bertz CT molecular complexity index is 408. The molecule has 0 saturated heterocycles. The third kappa shape index (κ3) is 4.86. The van der Waals surface area contributed by atoms with E-state index in [4.69, 9.17) is 5.11 Å². The SMILES string of the molecule is CC(CCS(C)=O)n1cnnc1SCC(=O)O. The van der Waals surface area contributed by atoms with Gasteiger partial charge >= 0.3 is 5.97 Å². The van der Waals surface area contributed by atoms with Gasteiger partial charge in [0.05, 0.1) is 5.75 Å². The fraction of sp³-hybridized carbons (Fsp3) is 0.667. The van der Waals surface area contributed by atoms with E-state index in [2.05, 4.69) is 10.2 Å². The summed E-state index contributed by atoms with van der Waals surface area (Å²) in [7, 11) is -0.821. The molecule has 0 radical (unpaired) electrons. The Morgan fingerprint density at radius 1 is 1.71 bits per heavy atom. The molecule has 0 aliphatic carbocycles. The maximum atomic E-state index is 11.0. The number of rotatable bonds is 7. The molecular weight excluding hydrogens is 262 g/mol. The van der Waals surface area contributed by atoms with Gasteiger partial charge in [0.1, 0.15) is 6.33 Å². The lowest BCUT2D eigenvalue weighted by molar-refractivity contribution is -0.133. The van der Waals surface area contributed by atoms with Crippen molar-refractivity contribution in [2.24, 2.45) is 0 Å². The van der Waals surface area contributed by atoms with Gasteiger partial charge < -0.3 is 9.67 Å². The number of thioether (sulfide) groups is 1. The first-order chi connectivity index (χ1) is 8.00. The Morgan fingerprint density at radius 2 is 2.41 bits per heavy atom.